The Morgan fingerprint density at radius 1 is 1.33 bits per heavy atom. The molecular weight excluding hydrogens is 358 g/mol. The van der Waals surface area contributed by atoms with E-state index in [0.29, 0.717) is 11.0 Å². The molecule has 0 bridgehead atoms. The maximum absolute atomic E-state index is 10.7. The van der Waals surface area contributed by atoms with Crippen molar-refractivity contribution < 1.29 is 15.0 Å². The number of rotatable bonds is 5. The van der Waals surface area contributed by atoms with E-state index >= 15 is 0 Å². The van der Waals surface area contributed by atoms with E-state index in [1.807, 2.05) is 26.0 Å². The van der Waals surface area contributed by atoms with Crippen molar-refractivity contribution in [2.45, 2.75) is 25.6 Å². The number of hydrogen-bond donors (Lipinski definition) is 2. The van der Waals surface area contributed by atoms with Gasteiger partial charge >= 0.3 is 5.97 Å². The van der Waals surface area contributed by atoms with Crippen LogP contribution in [0.1, 0.15) is 17.0 Å². The molecule has 0 aliphatic rings. The molecule has 0 fully saturated rings. The van der Waals surface area contributed by atoms with Crippen molar-refractivity contribution >= 4 is 33.7 Å². The molecule has 0 aliphatic carbocycles. The second-order valence-electron chi connectivity index (χ2n) is 4.46. The van der Waals surface area contributed by atoms with Crippen molar-refractivity contribution in [3.8, 4) is 5.69 Å². The van der Waals surface area contributed by atoms with Crippen LogP contribution in [0.5, 0.6) is 0 Å². The summed E-state index contributed by atoms with van der Waals surface area (Å²) in [7, 11) is 0. The zero-order valence-electron chi connectivity index (χ0n) is 11.5. The van der Waals surface area contributed by atoms with Gasteiger partial charge in [0.05, 0.1) is 11.4 Å². The van der Waals surface area contributed by atoms with E-state index < -0.39 is 5.97 Å². The largest absolute Gasteiger partial charge is 0.481 e. The van der Waals surface area contributed by atoms with Gasteiger partial charge in [0.1, 0.15) is 6.61 Å². The minimum atomic E-state index is -0.927. The number of aliphatic hydroxyl groups is 1. The van der Waals surface area contributed by atoms with Gasteiger partial charge < -0.3 is 10.2 Å². The fourth-order valence-electron chi connectivity index (χ4n) is 2.10. The van der Waals surface area contributed by atoms with Gasteiger partial charge in [0.2, 0.25) is 0 Å². The second-order valence-corrected chi connectivity index (χ2v) is 6.32. The smallest absolute Gasteiger partial charge is 0.313 e. The third-order valence-corrected chi connectivity index (χ3v) is 4.22. The number of carboxylic acid groups (broad SMARTS) is 1. The average Bonchev–Trinajstić information content (AvgIpc) is 2.78. The number of nitrogens with zero attached hydrogens (tertiary/aromatic N) is 3. The van der Waals surface area contributed by atoms with Crippen molar-refractivity contribution in [1.29, 1.82) is 0 Å². The van der Waals surface area contributed by atoms with Crippen LogP contribution >= 0.6 is 27.7 Å². The lowest BCUT2D eigenvalue weighted by atomic mass is 10.1. The number of hydrogen-bond acceptors (Lipinski definition) is 5. The number of aliphatic hydroxyl groups excluding tert-OH is 1. The quantitative estimate of drug-likeness (QED) is 0.784. The highest BCUT2D eigenvalue weighted by Crippen LogP contribution is 2.29. The van der Waals surface area contributed by atoms with Crippen LogP contribution in [0.4, 0.5) is 0 Å². The minimum Gasteiger partial charge on any atom is -0.481 e. The average molecular weight is 372 g/mol. The normalized spacial score (nSPS) is 10.9. The molecule has 0 aliphatic heterocycles. The van der Waals surface area contributed by atoms with E-state index in [2.05, 4.69) is 26.1 Å². The summed E-state index contributed by atoms with van der Waals surface area (Å²) in [6.45, 7) is 3.62. The van der Waals surface area contributed by atoms with Gasteiger partial charge in [-0.15, -0.1) is 10.2 Å². The molecule has 0 saturated carbocycles. The lowest BCUT2D eigenvalue weighted by molar-refractivity contribution is -0.133. The molecule has 0 saturated heterocycles. The number of benzene rings is 1. The minimum absolute atomic E-state index is 0.113. The summed E-state index contributed by atoms with van der Waals surface area (Å²) in [5.74, 6) is -0.654. The van der Waals surface area contributed by atoms with Crippen LogP contribution in [-0.2, 0) is 11.4 Å². The van der Waals surface area contributed by atoms with E-state index in [4.69, 9.17) is 5.11 Å². The fourth-order valence-corrected chi connectivity index (χ4v) is 3.47. The van der Waals surface area contributed by atoms with Crippen molar-refractivity contribution in [3.63, 3.8) is 0 Å². The number of carboxylic acids is 1. The molecule has 112 valence electrons. The number of aromatic nitrogens is 3. The summed E-state index contributed by atoms with van der Waals surface area (Å²) in [4.78, 5) is 10.7. The molecule has 2 rings (SSSR count). The van der Waals surface area contributed by atoms with E-state index in [-0.39, 0.29) is 12.4 Å². The molecular formula is C13H14BrN3O3S. The third-order valence-electron chi connectivity index (χ3n) is 2.85. The number of thioether (sulfide) groups is 1. The molecule has 2 N–H and O–H groups in total. The fraction of sp³-hybridized carbons (Fsp3) is 0.308. The Morgan fingerprint density at radius 3 is 2.48 bits per heavy atom. The van der Waals surface area contributed by atoms with Gasteiger partial charge in [-0.25, -0.2) is 0 Å². The monoisotopic (exact) mass is 371 g/mol. The molecule has 1 heterocycles. The summed E-state index contributed by atoms with van der Waals surface area (Å²) in [5, 5.41) is 26.6. The SMILES string of the molecule is Cc1cc(Br)cc(C)c1-n1c(CO)nnc1SCC(=O)O. The summed E-state index contributed by atoms with van der Waals surface area (Å²) >= 11 is 4.52. The maximum Gasteiger partial charge on any atom is 0.313 e. The molecule has 0 amide bonds. The Kier molecular flexibility index (Phi) is 5.02. The van der Waals surface area contributed by atoms with Crippen LogP contribution in [0, 0.1) is 13.8 Å². The Balaban J connectivity index is 2.56. The highest BCUT2D eigenvalue weighted by atomic mass is 79.9. The lowest BCUT2D eigenvalue weighted by Gasteiger charge is -2.15. The van der Waals surface area contributed by atoms with Crippen LogP contribution in [0.3, 0.4) is 0 Å². The molecule has 0 spiro atoms. The summed E-state index contributed by atoms with van der Waals surface area (Å²) in [5.41, 5.74) is 2.82. The third kappa shape index (κ3) is 3.45. The first-order valence-electron chi connectivity index (χ1n) is 6.11. The molecule has 0 unspecified atom stereocenters. The lowest BCUT2D eigenvalue weighted by Crippen LogP contribution is -2.08. The van der Waals surface area contributed by atoms with E-state index in [1.54, 1.807) is 4.57 Å². The first-order valence-corrected chi connectivity index (χ1v) is 7.88. The Labute approximate surface area is 134 Å². The van der Waals surface area contributed by atoms with Crippen molar-refractivity contribution in [2.75, 3.05) is 5.75 Å². The van der Waals surface area contributed by atoms with Crippen LogP contribution < -0.4 is 0 Å². The Hall–Kier alpha value is -1.38. The van der Waals surface area contributed by atoms with Gasteiger partial charge in [-0.3, -0.25) is 9.36 Å². The van der Waals surface area contributed by atoms with Crippen molar-refractivity contribution in [3.05, 3.63) is 33.6 Å². The van der Waals surface area contributed by atoms with Gasteiger partial charge in [-0.1, -0.05) is 27.7 Å². The molecule has 21 heavy (non-hydrogen) atoms. The van der Waals surface area contributed by atoms with Crippen molar-refractivity contribution in [2.24, 2.45) is 0 Å². The molecule has 1 aromatic heterocycles. The van der Waals surface area contributed by atoms with Gasteiger partial charge in [0, 0.05) is 4.47 Å². The van der Waals surface area contributed by atoms with Crippen molar-refractivity contribution in [1.82, 2.24) is 14.8 Å². The molecule has 6 nitrogen and oxygen atoms in total. The summed E-state index contributed by atoms with van der Waals surface area (Å²) < 4.78 is 2.67. The van der Waals surface area contributed by atoms with Gasteiger partial charge in [-0.05, 0) is 37.1 Å². The summed E-state index contributed by atoms with van der Waals surface area (Å²) in [6, 6.07) is 3.91. The van der Waals surface area contributed by atoms with E-state index in [9.17, 15) is 9.90 Å². The zero-order chi connectivity index (χ0) is 15.6. The first kappa shape index (κ1) is 16.0. The van der Waals surface area contributed by atoms with E-state index in [1.165, 1.54) is 0 Å². The van der Waals surface area contributed by atoms with Crippen LogP contribution in [0.15, 0.2) is 21.8 Å². The number of aliphatic carboxylic acids is 1. The molecule has 0 radical (unpaired) electrons. The van der Waals surface area contributed by atoms with E-state index in [0.717, 1.165) is 33.0 Å². The second kappa shape index (κ2) is 6.59. The maximum atomic E-state index is 10.7. The molecule has 0 atom stereocenters. The summed E-state index contributed by atoms with van der Waals surface area (Å²) in [6.07, 6.45) is 0. The first-order chi connectivity index (χ1) is 9.93. The van der Waals surface area contributed by atoms with Gasteiger partial charge in [0.15, 0.2) is 11.0 Å². The van der Waals surface area contributed by atoms with Crippen LogP contribution in [-0.4, -0.2) is 36.7 Å². The van der Waals surface area contributed by atoms with Gasteiger partial charge in [0.25, 0.3) is 0 Å². The topological polar surface area (TPSA) is 88.2 Å². The van der Waals surface area contributed by atoms with Gasteiger partial charge in [-0.2, -0.15) is 0 Å². The highest BCUT2D eigenvalue weighted by molar-refractivity contribution is 9.10. The molecule has 2 aromatic rings. The van der Waals surface area contributed by atoms with Crippen LogP contribution in [0.25, 0.3) is 5.69 Å². The Morgan fingerprint density at radius 2 is 1.95 bits per heavy atom. The number of aryl methyl sites for hydroxylation is 2. The predicted octanol–water partition coefficient (Wildman–Crippen LogP) is 2.32. The number of halogens is 1. The highest BCUT2D eigenvalue weighted by Gasteiger charge is 2.18. The number of carbonyl (C=O) groups is 1. The standard InChI is InChI=1S/C13H14BrN3O3S/c1-7-3-9(14)4-8(2)12(7)17-10(5-18)15-16-13(17)21-6-11(19)20/h3-4,18H,5-6H2,1-2H3,(H,19,20). The zero-order valence-corrected chi connectivity index (χ0v) is 13.9. The predicted molar refractivity (Wildman–Crippen MR) is 82.8 cm³/mol. The Bertz CT molecular complexity index is 664. The van der Waals surface area contributed by atoms with Crippen LogP contribution in [0.2, 0.25) is 0 Å². The molecule has 1 aromatic carbocycles. The molecule has 8 heteroatoms.